The minimum atomic E-state index is 0.372. The van der Waals surface area contributed by atoms with Crippen LogP contribution in [0.3, 0.4) is 0 Å². The molecule has 0 amide bonds. The van der Waals surface area contributed by atoms with Gasteiger partial charge in [-0.1, -0.05) is 28.9 Å². The van der Waals surface area contributed by atoms with E-state index in [2.05, 4.69) is 21.0 Å². The summed E-state index contributed by atoms with van der Waals surface area (Å²) in [6, 6.07) is 8.44. The average Bonchev–Trinajstić information content (AvgIpc) is 3.16. The highest BCUT2D eigenvalue weighted by Gasteiger charge is 2.48. The number of benzene rings is 1. The van der Waals surface area contributed by atoms with Gasteiger partial charge in [-0.15, -0.1) is 0 Å². The lowest BCUT2D eigenvalue weighted by Crippen LogP contribution is -2.54. The molecule has 1 saturated heterocycles. The number of anilines is 1. The van der Waals surface area contributed by atoms with Crippen molar-refractivity contribution in [1.29, 1.82) is 0 Å². The number of rotatable bonds is 2. The summed E-state index contributed by atoms with van der Waals surface area (Å²) in [5.74, 6) is 1.23. The van der Waals surface area contributed by atoms with Crippen molar-refractivity contribution >= 4 is 23.0 Å². The Kier molecular flexibility index (Phi) is 3.74. The molecule has 3 atom stereocenters. The number of hydrogen-bond donors (Lipinski definition) is 1. The molecule has 0 aromatic heterocycles. The first-order valence-corrected chi connectivity index (χ1v) is 8.61. The summed E-state index contributed by atoms with van der Waals surface area (Å²) >= 11 is 6.31. The van der Waals surface area contributed by atoms with Crippen LogP contribution < -0.4 is 4.90 Å². The van der Waals surface area contributed by atoms with Crippen LogP contribution in [-0.4, -0.2) is 48.0 Å². The molecule has 1 aromatic rings. The summed E-state index contributed by atoms with van der Waals surface area (Å²) in [6.07, 6.45) is 3.72. The van der Waals surface area contributed by atoms with E-state index in [1.165, 1.54) is 19.3 Å². The van der Waals surface area contributed by atoms with E-state index < -0.39 is 0 Å². The topological polar surface area (TPSA) is 39.1 Å². The Morgan fingerprint density at radius 3 is 2.59 bits per heavy atom. The lowest BCUT2D eigenvalue weighted by Gasteiger charge is -2.41. The third-order valence-electron chi connectivity index (χ3n) is 5.66. The molecule has 0 spiro atoms. The second kappa shape index (κ2) is 5.74. The van der Waals surface area contributed by atoms with Crippen LogP contribution >= 0.6 is 11.6 Å². The Morgan fingerprint density at radius 2 is 1.86 bits per heavy atom. The summed E-state index contributed by atoms with van der Waals surface area (Å²) in [7, 11) is 0. The fraction of sp³-hybridized carbons (Fsp3) is 0.588. The van der Waals surface area contributed by atoms with Crippen molar-refractivity contribution in [1.82, 2.24) is 4.90 Å². The van der Waals surface area contributed by atoms with Crippen LogP contribution in [0.25, 0.3) is 0 Å². The van der Waals surface area contributed by atoms with E-state index in [1.54, 1.807) is 0 Å². The molecule has 5 heteroatoms. The molecule has 4 rings (SSSR count). The summed E-state index contributed by atoms with van der Waals surface area (Å²) in [4.78, 5) is 4.88. The molecule has 118 valence electrons. The highest BCUT2D eigenvalue weighted by atomic mass is 35.5. The van der Waals surface area contributed by atoms with Crippen molar-refractivity contribution in [3.8, 4) is 0 Å². The van der Waals surface area contributed by atoms with Gasteiger partial charge in [-0.2, -0.15) is 0 Å². The molecule has 3 aliphatic rings. The molecule has 3 fully saturated rings. The largest absolute Gasteiger partial charge is 0.411 e. The third-order valence-corrected chi connectivity index (χ3v) is 5.98. The second-order valence-corrected chi connectivity index (χ2v) is 7.12. The molecule has 2 bridgehead atoms. The van der Waals surface area contributed by atoms with E-state index in [-0.39, 0.29) is 0 Å². The molecular formula is C17H22ClN3O. The molecule has 0 unspecified atom stereocenters. The van der Waals surface area contributed by atoms with E-state index in [0.717, 1.165) is 42.6 Å². The molecule has 22 heavy (non-hydrogen) atoms. The SMILES string of the molecule is O/N=C1/[C@H]2CC[C@H](C2)[C@H]1N1CCN(c2ccccc2Cl)CC1. The standard InChI is InChI=1S/C17H22ClN3O/c18-14-3-1-2-4-15(14)20-7-9-21(10-8-20)17-13-6-5-12(11-13)16(17)19-22/h1-4,12-13,17,22H,5-11H2/b19-16-/t12-,13+,17+/m0/s1. The molecule has 4 nitrogen and oxygen atoms in total. The van der Waals surface area contributed by atoms with Crippen LogP contribution in [0.4, 0.5) is 5.69 Å². The Hall–Kier alpha value is -1.26. The lowest BCUT2D eigenvalue weighted by atomic mass is 9.91. The number of halogens is 1. The predicted molar refractivity (Wildman–Crippen MR) is 89.1 cm³/mol. The second-order valence-electron chi connectivity index (χ2n) is 6.71. The van der Waals surface area contributed by atoms with E-state index >= 15 is 0 Å². The zero-order valence-corrected chi connectivity index (χ0v) is 13.4. The maximum atomic E-state index is 9.39. The zero-order valence-electron chi connectivity index (χ0n) is 12.7. The smallest absolute Gasteiger partial charge is 0.0775 e. The number of hydrogen-bond acceptors (Lipinski definition) is 4. The highest BCUT2D eigenvalue weighted by molar-refractivity contribution is 6.33. The van der Waals surface area contributed by atoms with Crippen LogP contribution in [0, 0.1) is 11.8 Å². The van der Waals surface area contributed by atoms with Gasteiger partial charge in [-0.3, -0.25) is 4.90 Å². The maximum absolute atomic E-state index is 9.39. The molecule has 2 saturated carbocycles. The summed E-state index contributed by atoms with van der Waals surface area (Å²) in [5.41, 5.74) is 2.18. The van der Waals surface area contributed by atoms with Gasteiger partial charge in [0.25, 0.3) is 0 Å². The molecule has 1 heterocycles. The first-order valence-electron chi connectivity index (χ1n) is 8.23. The van der Waals surface area contributed by atoms with Crippen LogP contribution in [0.15, 0.2) is 29.4 Å². The van der Waals surface area contributed by atoms with Gasteiger partial charge in [-0.05, 0) is 37.3 Å². The van der Waals surface area contributed by atoms with Gasteiger partial charge in [0, 0.05) is 32.1 Å². The van der Waals surface area contributed by atoms with Gasteiger partial charge >= 0.3 is 0 Å². The summed E-state index contributed by atoms with van der Waals surface area (Å²) in [5, 5.41) is 13.9. The van der Waals surface area contributed by atoms with E-state index in [9.17, 15) is 5.21 Å². The van der Waals surface area contributed by atoms with Gasteiger partial charge in [0.2, 0.25) is 0 Å². The van der Waals surface area contributed by atoms with Crippen molar-refractivity contribution in [2.75, 3.05) is 31.1 Å². The van der Waals surface area contributed by atoms with E-state index in [0.29, 0.717) is 17.9 Å². The Bertz CT molecular complexity index is 583. The third kappa shape index (κ3) is 2.29. The number of nitrogens with zero attached hydrogens (tertiary/aromatic N) is 3. The van der Waals surface area contributed by atoms with Gasteiger partial charge in [0.1, 0.15) is 0 Å². The van der Waals surface area contributed by atoms with E-state index in [4.69, 9.17) is 11.6 Å². The fourth-order valence-corrected chi connectivity index (χ4v) is 4.89. The van der Waals surface area contributed by atoms with Gasteiger partial charge < -0.3 is 10.1 Å². The van der Waals surface area contributed by atoms with Crippen molar-refractivity contribution in [3.05, 3.63) is 29.3 Å². The molecule has 1 aromatic carbocycles. The Balaban J connectivity index is 1.45. The maximum Gasteiger partial charge on any atom is 0.0775 e. The van der Waals surface area contributed by atoms with Gasteiger partial charge in [-0.25, -0.2) is 0 Å². The quantitative estimate of drug-likeness (QED) is 0.672. The molecule has 1 aliphatic heterocycles. The first-order chi connectivity index (χ1) is 10.8. The highest BCUT2D eigenvalue weighted by Crippen LogP contribution is 2.45. The van der Waals surface area contributed by atoms with Crippen LogP contribution in [-0.2, 0) is 0 Å². The van der Waals surface area contributed by atoms with Gasteiger partial charge in [0.05, 0.1) is 22.5 Å². The first kappa shape index (κ1) is 14.3. The minimum absolute atomic E-state index is 0.372. The van der Waals surface area contributed by atoms with Crippen molar-refractivity contribution in [3.63, 3.8) is 0 Å². The summed E-state index contributed by atoms with van der Waals surface area (Å²) < 4.78 is 0. The predicted octanol–water partition coefficient (Wildman–Crippen LogP) is 3.09. The lowest BCUT2D eigenvalue weighted by molar-refractivity contribution is 0.181. The van der Waals surface area contributed by atoms with Crippen molar-refractivity contribution < 1.29 is 5.21 Å². The summed E-state index contributed by atoms with van der Waals surface area (Å²) in [6.45, 7) is 3.99. The van der Waals surface area contributed by atoms with Crippen LogP contribution in [0.2, 0.25) is 5.02 Å². The average molecular weight is 320 g/mol. The number of fused-ring (bicyclic) bond motifs is 2. The molecular weight excluding hydrogens is 298 g/mol. The Labute approximate surface area is 136 Å². The van der Waals surface area contributed by atoms with Crippen molar-refractivity contribution in [2.24, 2.45) is 17.0 Å². The number of piperazine rings is 1. The van der Waals surface area contributed by atoms with E-state index in [1.807, 2.05) is 18.2 Å². The van der Waals surface area contributed by atoms with Crippen molar-refractivity contribution in [2.45, 2.75) is 25.3 Å². The molecule has 2 aliphatic carbocycles. The molecule has 1 N–H and O–H groups in total. The fourth-order valence-electron chi connectivity index (χ4n) is 4.63. The number of oxime groups is 1. The zero-order chi connectivity index (χ0) is 15.1. The normalized spacial score (nSPS) is 33.8. The van der Waals surface area contributed by atoms with Crippen LogP contribution in [0.5, 0.6) is 0 Å². The van der Waals surface area contributed by atoms with Crippen LogP contribution in [0.1, 0.15) is 19.3 Å². The minimum Gasteiger partial charge on any atom is -0.411 e. The Morgan fingerprint density at radius 1 is 1.09 bits per heavy atom. The molecule has 0 radical (unpaired) electrons. The van der Waals surface area contributed by atoms with Gasteiger partial charge in [0.15, 0.2) is 0 Å². The monoisotopic (exact) mass is 319 g/mol. The number of para-hydroxylation sites is 1.